The fourth-order valence-electron chi connectivity index (χ4n) is 3.31. The number of aromatic nitrogens is 2. The minimum Gasteiger partial charge on any atom is -0.308 e. The van der Waals surface area contributed by atoms with E-state index in [1.165, 1.54) is 12.1 Å². The van der Waals surface area contributed by atoms with Crippen LogP contribution in [-0.2, 0) is 12.7 Å². The molecule has 0 atom stereocenters. The topological polar surface area (TPSA) is 59.0 Å². The Bertz CT molecular complexity index is 1230. The van der Waals surface area contributed by atoms with Crippen molar-refractivity contribution in [2.24, 2.45) is 0 Å². The van der Waals surface area contributed by atoms with Crippen molar-refractivity contribution in [2.75, 3.05) is 10.6 Å². The highest BCUT2D eigenvalue weighted by atomic mass is 19.4. The quantitative estimate of drug-likeness (QED) is 0.419. The summed E-state index contributed by atoms with van der Waals surface area (Å²) in [5.41, 5.74) is 2.40. The highest BCUT2D eigenvalue weighted by Gasteiger charge is 2.29. The van der Waals surface area contributed by atoms with Gasteiger partial charge in [-0.3, -0.25) is 10.00 Å². The number of fused-ring (bicyclic) bond motifs is 1. The molecule has 0 unspecified atom stereocenters. The van der Waals surface area contributed by atoms with E-state index in [9.17, 15) is 18.0 Å². The van der Waals surface area contributed by atoms with Crippen LogP contribution >= 0.6 is 0 Å². The lowest BCUT2D eigenvalue weighted by Gasteiger charge is -2.08. The molecule has 3 aromatic carbocycles. The van der Waals surface area contributed by atoms with Gasteiger partial charge in [-0.25, -0.2) is 4.79 Å². The maximum Gasteiger partial charge on any atom is 0.416 e. The van der Waals surface area contributed by atoms with E-state index in [0.29, 0.717) is 17.1 Å². The molecule has 0 radical (unpaired) electrons. The normalized spacial score (nSPS) is 11.5. The van der Waals surface area contributed by atoms with Gasteiger partial charge in [-0.1, -0.05) is 36.4 Å². The van der Waals surface area contributed by atoms with Gasteiger partial charge in [0.25, 0.3) is 0 Å². The summed E-state index contributed by atoms with van der Waals surface area (Å²) in [6.45, 7) is 2.19. The van der Waals surface area contributed by atoms with E-state index in [1.54, 1.807) is 10.7 Å². The highest BCUT2D eigenvalue weighted by molar-refractivity contribution is 6.04. The number of alkyl halides is 3. The minimum absolute atomic E-state index is 0.264. The number of nitrogens with zero attached hydrogens (tertiary/aromatic N) is 2. The zero-order valence-electron chi connectivity index (χ0n) is 16.6. The molecule has 4 rings (SSSR count). The molecule has 0 aliphatic rings. The first-order valence-corrected chi connectivity index (χ1v) is 9.56. The van der Waals surface area contributed by atoms with Crippen molar-refractivity contribution in [3.8, 4) is 0 Å². The molecule has 4 aromatic rings. The van der Waals surface area contributed by atoms with E-state index in [2.05, 4.69) is 15.7 Å². The second kappa shape index (κ2) is 8.14. The van der Waals surface area contributed by atoms with Crippen molar-refractivity contribution < 1.29 is 18.0 Å². The number of rotatable bonds is 4. The van der Waals surface area contributed by atoms with Crippen LogP contribution in [0.1, 0.15) is 16.7 Å². The Kier molecular flexibility index (Phi) is 5.37. The van der Waals surface area contributed by atoms with Gasteiger partial charge in [0.05, 0.1) is 17.6 Å². The number of urea groups is 1. The van der Waals surface area contributed by atoms with Crippen LogP contribution in [0.2, 0.25) is 0 Å². The molecule has 2 amide bonds. The van der Waals surface area contributed by atoms with Gasteiger partial charge in [0.2, 0.25) is 0 Å². The number of amides is 2. The summed E-state index contributed by atoms with van der Waals surface area (Å²) >= 11 is 0. The number of aryl methyl sites for hydroxylation is 1. The number of carbonyl (C=O) groups is 1. The Morgan fingerprint density at radius 1 is 0.968 bits per heavy atom. The summed E-state index contributed by atoms with van der Waals surface area (Å²) in [6, 6.07) is 19.3. The molecule has 5 nitrogen and oxygen atoms in total. The standard InChI is InChI=1S/C23H19F3N4O/c1-15-5-4-6-18(13-15)27-22(31)28-21-19-7-2-3-8-20(19)30(29-21)14-16-9-11-17(12-10-16)23(24,25)26/h2-13H,14H2,1H3,(H2,27,28,29,31). The lowest BCUT2D eigenvalue weighted by atomic mass is 10.1. The number of halogens is 3. The van der Waals surface area contributed by atoms with Crippen LogP contribution in [0.5, 0.6) is 0 Å². The summed E-state index contributed by atoms with van der Waals surface area (Å²) in [4.78, 5) is 12.5. The molecule has 158 valence electrons. The Balaban J connectivity index is 1.56. The molecule has 0 bridgehead atoms. The van der Waals surface area contributed by atoms with Crippen LogP contribution in [0.3, 0.4) is 0 Å². The van der Waals surface area contributed by atoms with E-state index in [0.717, 1.165) is 28.6 Å². The Labute approximate surface area is 176 Å². The summed E-state index contributed by atoms with van der Waals surface area (Å²) in [7, 11) is 0. The lowest BCUT2D eigenvalue weighted by Crippen LogP contribution is -2.20. The van der Waals surface area contributed by atoms with Gasteiger partial charge in [0.15, 0.2) is 5.82 Å². The van der Waals surface area contributed by atoms with Crippen LogP contribution in [-0.4, -0.2) is 15.8 Å². The number of carbonyl (C=O) groups excluding carboxylic acids is 1. The van der Waals surface area contributed by atoms with Gasteiger partial charge in [-0.2, -0.15) is 18.3 Å². The first-order valence-electron chi connectivity index (χ1n) is 9.56. The average molecular weight is 424 g/mol. The third-order valence-corrected chi connectivity index (χ3v) is 4.78. The molecule has 0 spiro atoms. The number of benzene rings is 3. The highest BCUT2D eigenvalue weighted by Crippen LogP contribution is 2.29. The van der Waals surface area contributed by atoms with Gasteiger partial charge in [0.1, 0.15) is 0 Å². The Morgan fingerprint density at radius 3 is 2.42 bits per heavy atom. The van der Waals surface area contributed by atoms with Gasteiger partial charge in [-0.05, 0) is 54.4 Å². The number of hydrogen-bond acceptors (Lipinski definition) is 2. The van der Waals surface area contributed by atoms with Crippen LogP contribution in [0.15, 0.2) is 72.8 Å². The summed E-state index contributed by atoms with van der Waals surface area (Å²) < 4.78 is 40.0. The smallest absolute Gasteiger partial charge is 0.308 e. The van der Waals surface area contributed by atoms with Gasteiger partial charge >= 0.3 is 12.2 Å². The first kappa shape index (κ1) is 20.5. The van der Waals surface area contributed by atoms with Crippen LogP contribution in [0.25, 0.3) is 10.9 Å². The van der Waals surface area contributed by atoms with Crippen molar-refractivity contribution in [1.82, 2.24) is 9.78 Å². The van der Waals surface area contributed by atoms with Crippen molar-refractivity contribution in [3.63, 3.8) is 0 Å². The van der Waals surface area contributed by atoms with Crippen LogP contribution in [0.4, 0.5) is 29.5 Å². The summed E-state index contributed by atoms with van der Waals surface area (Å²) in [6.07, 6.45) is -4.38. The third-order valence-electron chi connectivity index (χ3n) is 4.78. The predicted molar refractivity (Wildman–Crippen MR) is 114 cm³/mol. The fourth-order valence-corrected chi connectivity index (χ4v) is 3.31. The number of nitrogens with one attached hydrogen (secondary N) is 2. The zero-order chi connectivity index (χ0) is 22.0. The van der Waals surface area contributed by atoms with Crippen LogP contribution < -0.4 is 10.6 Å². The maximum atomic E-state index is 12.8. The van der Waals surface area contributed by atoms with Crippen molar-refractivity contribution in [2.45, 2.75) is 19.6 Å². The maximum absolute atomic E-state index is 12.8. The molecule has 2 N–H and O–H groups in total. The Hall–Kier alpha value is -3.81. The summed E-state index contributed by atoms with van der Waals surface area (Å²) in [5.74, 6) is 0.368. The minimum atomic E-state index is -4.38. The second-order valence-electron chi connectivity index (χ2n) is 7.17. The molecule has 0 aliphatic carbocycles. The largest absolute Gasteiger partial charge is 0.416 e. The van der Waals surface area contributed by atoms with Gasteiger partial charge in [-0.15, -0.1) is 0 Å². The fraction of sp³-hybridized carbons (Fsp3) is 0.130. The Morgan fingerprint density at radius 2 is 1.71 bits per heavy atom. The van der Waals surface area contributed by atoms with Crippen molar-refractivity contribution >= 4 is 28.4 Å². The molecule has 1 heterocycles. The molecule has 0 fully saturated rings. The number of para-hydroxylation sites is 1. The molecule has 0 aliphatic heterocycles. The molecule has 8 heteroatoms. The predicted octanol–water partition coefficient (Wildman–Crippen LogP) is 6.06. The molecule has 0 saturated heterocycles. The van der Waals surface area contributed by atoms with Gasteiger partial charge < -0.3 is 5.32 Å². The number of anilines is 2. The second-order valence-corrected chi connectivity index (χ2v) is 7.17. The van der Waals surface area contributed by atoms with E-state index in [-0.39, 0.29) is 6.54 Å². The van der Waals surface area contributed by atoms with E-state index < -0.39 is 17.8 Å². The van der Waals surface area contributed by atoms with E-state index >= 15 is 0 Å². The molecule has 0 saturated carbocycles. The third kappa shape index (κ3) is 4.69. The molecular weight excluding hydrogens is 405 g/mol. The SMILES string of the molecule is Cc1cccc(NC(=O)Nc2nn(Cc3ccc(C(F)(F)F)cc3)c3ccccc23)c1. The lowest BCUT2D eigenvalue weighted by molar-refractivity contribution is -0.137. The first-order chi connectivity index (χ1) is 14.8. The van der Waals surface area contributed by atoms with Crippen molar-refractivity contribution in [3.05, 3.63) is 89.5 Å². The monoisotopic (exact) mass is 424 g/mol. The summed E-state index contributed by atoms with van der Waals surface area (Å²) in [5, 5.41) is 10.7. The zero-order valence-corrected chi connectivity index (χ0v) is 16.6. The molecule has 1 aromatic heterocycles. The van der Waals surface area contributed by atoms with Crippen LogP contribution in [0, 0.1) is 6.92 Å². The van der Waals surface area contributed by atoms with Gasteiger partial charge in [0, 0.05) is 11.1 Å². The van der Waals surface area contributed by atoms with E-state index in [4.69, 9.17) is 0 Å². The average Bonchev–Trinajstić information content (AvgIpc) is 3.05. The molecular formula is C23H19F3N4O. The van der Waals surface area contributed by atoms with Crippen molar-refractivity contribution in [1.29, 1.82) is 0 Å². The number of hydrogen-bond donors (Lipinski definition) is 2. The molecule has 31 heavy (non-hydrogen) atoms. The van der Waals surface area contributed by atoms with E-state index in [1.807, 2.05) is 49.4 Å².